The van der Waals surface area contributed by atoms with Gasteiger partial charge in [0.1, 0.15) is 0 Å². The molecule has 0 saturated carbocycles. The Hall–Kier alpha value is -0.460. The zero-order chi connectivity index (χ0) is 13.0. The van der Waals surface area contributed by atoms with E-state index in [0.29, 0.717) is 0 Å². The first kappa shape index (κ1) is 14.0. The lowest BCUT2D eigenvalue weighted by Crippen LogP contribution is -2.49. The van der Waals surface area contributed by atoms with Crippen LogP contribution < -0.4 is 11.3 Å². The van der Waals surface area contributed by atoms with Gasteiger partial charge in [0.05, 0.1) is 18.8 Å². The predicted octanol–water partition coefficient (Wildman–Crippen LogP) is 1.67. The third-order valence-corrected chi connectivity index (χ3v) is 4.55. The first-order chi connectivity index (χ1) is 8.76. The van der Waals surface area contributed by atoms with Crippen LogP contribution in [0.2, 0.25) is 0 Å². The second kappa shape index (κ2) is 6.63. The molecule has 2 unspecified atom stereocenters. The Morgan fingerprint density at radius 3 is 3.11 bits per heavy atom. The standard InChI is InChI=1S/C13H23N3OS/c1-3-5-16-6-7-17-11(9-16)12(15-14)13-10(2)4-8-18-13/h4,8,11-12,15H,3,5-7,9,14H2,1-2H3. The smallest absolute Gasteiger partial charge is 0.0917 e. The number of morpholine rings is 1. The summed E-state index contributed by atoms with van der Waals surface area (Å²) in [5, 5.41) is 2.11. The maximum atomic E-state index is 5.91. The van der Waals surface area contributed by atoms with E-state index >= 15 is 0 Å². The van der Waals surface area contributed by atoms with Gasteiger partial charge in [-0.2, -0.15) is 0 Å². The molecule has 1 aromatic rings. The fraction of sp³-hybridized carbons (Fsp3) is 0.692. The van der Waals surface area contributed by atoms with Crippen molar-refractivity contribution in [3.8, 4) is 0 Å². The number of nitrogens with one attached hydrogen (secondary N) is 1. The van der Waals surface area contributed by atoms with Gasteiger partial charge in [0.15, 0.2) is 0 Å². The van der Waals surface area contributed by atoms with Crippen LogP contribution in [0.15, 0.2) is 11.4 Å². The number of thiophene rings is 1. The highest BCUT2D eigenvalue weighted by Gasteiger charge is 2.29. The molecule has 0 bridgehead atoms. The van der Waals surface area contributed by atoms with E-state index in [0.717, 1.165) is 26.2 Å². The van der Waals surface area contributed by atoms with Crippen molar-refractivity contribution in [2.75, 3.05) is 26.2 Å². The Labute approximate surface area is 113 Å². The van der Waals surface area contributed by atoms with Gasteiger partial charge in [0.2, 0.25) is 0 Å². The molecular weight excluding hydrogens is 246 g/mol. The summed E-state index contributed by atoms with van der Waals surface area (Å²) in [6.07, 6.45) is 1.33. The van der Waals surface area contributed by atoms with Gasteiger partial charge in [-0.05, 0) is 36.9 Å². The number of nitrogens with zero attached hydrogens (tertiary/aromatic N) is 1. The Bertz CT molecular complexity index is 367. The highest BCUT2D eigenvalue weighted by molar-refractivity contribution is 7.10. The molecule has 5 heteroatoms. The summed E-state index contributed by atoms with van der Waals surface area (Å²) in [7, 11) is 0. The van der Waals surface area contributed by atoms with Crippen LogP contribution in [0.3, 0.4) is 0 Å². The van der Waals surface area contributed by atoms with Gasteiger partial charge in [-0.25, -0.2) is 5.43 Å². The van der Waals surface area contributed by atoms with E-state index in [-0.39, 0.29) is 12.1 Å². The van der Waals surface area contributed by atoms with Gasteiger partial charge in [0.25, 0.3) is 0 Å². The lowest BCUT2D eigenvalue weighted by atomic mass is 10.1. The molecule has 102 valence electrons. The van der Waals surface area contributed by atoms with Crippen LogP contribution in [0.4, 0.5) is 0 Å². The van der Waals surface area contributed by atoms with Gasteiger partial charge in [-0.15, -0.1) is 11.3 Å². The molecule has 3 N–H and O–H groups in total. The molecule has 1 aliphatic heterocycles. The third-order valence-electron chi connectivity index (χ3n) is 3.45. The number of hydrogen-bond donors (Lipinski definition) is 2. The zero-order valence-electron chi connectivity index (χ0n) is 11.2. The van der Waals surface area contributed by atoms with E-state index in [4.69, 9.17) is 10.6 Å². The van der Waals surface area contributed by atoms with Crippen LogP contribution in [-0.4, -0.2) is 37.2 Å². The van der Waals surface area contributed by atoms with Crippen molar-refractivity contribution in [1.82, 2.24) is 10.3 Å². The minimum absolute atomic E-state index is 0.102. The molecule has 18 heavy (non-hydrogen) atoms. The minimum Gasteiger partial charge on any atom is -0.373 e. The molecule has 0 aromatic carbocycles. The molecular formula is C13H23N3OS. The molecule has 0 spiro atoms. The molecule has 0 radical (unpaired) electrons. The third kappa shape index (κ3) is 3.10. The molecule has 1 fully saturated rings. The minimum atomic E-state index is 0.102. The van der Waals surface area contributed by atoms with Crippen molar-refractivity contribution in [1.29, 1.82) is 0 Å². The Kier molecular flexibility index (Phi) is 5.14. The van der Waals surface area contributed by atoms with E-state index < -0.39 is 0 Å². The lowest BCUT2D eigenvalue weighted by molar-refractivity contribution is -0.0466. The molecule has 1 saturated heterocycles. The van der Waals surface area contributed by atoms with Gasteiger partial charge in [-0.3, -0.25) is 10.7 Å². The largest absolute Gasteiger partial charge is 0.373 e. The van der Waals surface area contributed by atoms with Crippen molar-refractivity contribution in [2.24, 2.45) is 5.84 Å². The Morgan fingerprint density at radius 2 is 2.50 bits per heavy atom. The number of hydrazine groups is 1. The van der Waals surface area contributed by atoms with Gasteiger partial charge < -0.3 is 4.74 Å². The fourth-order valence-corrected chi connectivity index (χ4v) is 3.55. The van der Waals surface area contributed by atoms with Crippen LogP contribution in [0, 0.1) is 6.92 Å². The SMILES string of the molecule is CCCN1CCOC(C(NN)c2sccc2C)C1. The normalized spacial score (nSPS) is 23.2. The van der Waals surface area contributed by atoms with Crippen molar-refractivity contribution in [3.63, 3.8) is 0 Å². The first-order valence-corrected chi connectivity index (χ1v) is 7.48. The van der Waals surface area contributed by atoms with Crippen LogP contribution in [0.25, 0.3) is 0 Å². The number of rotatable bonds is 5. The van der Waals surface area contributed by atoms with Crippen molar-refractivity contribution < 1.29 is 4.74 Å². The van der Waals surface area contributed by atoms with Gasteiger partial charge in [-0.1, -0.05) is 6.92 Å². The fourth-order valence-electron chi connectivity index (χ4n) is 2.51. The van der Waals surface area contributed by atoms with Crippen LogP contribution in [0.5, 0.6) is 0 Å². The van der Waals surface area contributed by atoms with Crippen molar-refractivity contribution >= 4 is 11.3 Å². The summed E-state index contributed by atoms with van der Waals surface area (Å²) < 4.78 is 5.91. The topological polar surface area (TPSA) is 50.5 Å². The predicted molar refractivity (Wildman–Crippen MR) is 75.6 cm³/mol. The maximum absolute atomic E-state index is 5.91. The molecule has 1 aromatic heterocycles. The molecule has 0 amide bonds. The summed E-state index contributed by atoms with van der Waals surface area (Å²) in [5.74, 6) is 5.74. The summed E-state index contributed by atoms with van der Waals surface area (Å²) in [6, 6.07) is 2.24. The molecule has 2 atom stereocenters. The van der Waals surface area contributed by atoms with Crippen molar-refractivity contribution in [2.45, 2.75) is 32.4 Å². The van der Waals surface area contributed by atoms with E-state index in [1.807, 2.05) is 0 Å². The number of nitrogens with two attached hydrogens (primary N) is 1. The van der Waals surface area contributed by atoms with E-state index in [9.17, 15) is 0 Å². The van der Waals surface area contributed by atoms with Gasteiger partial charge in [0, 0.05) is 18.0 Å². The monoisotopic (exact) mass is 269 g/mol. The number of hydrogen-bond acceptors (Lipinski definition) is 5. The molecule has 0 aliphatic carbocycles. The molecule has 1 aliphatic rings. The van der Waals surface area contributed by atoms with E-state index in [2.05, 4.69) is 35.6 Å². The Morgan fingerprint density at radius 1 is 1.67 bits per heavy atom. The highest BCUT2D eigenvalue weighted by atomic mass is 32.1. The molecule has 2 heterocycles. The van der Waals surface area contributed by atoms with E-state index in [1.54, 1.807) is 11.3 Å². The second-order valence-corrected chi connectivity index (χ2v) is 5.77. The second-order valence-electron chi connectivity index (χ2n) is 4.82. The van der Waals surface area contributed by atoms with Crippen LogP contribution in [0.1, 0.15) is 29.8 Å². The summed E-state index contributed by atoms with van der Waals surface area (Å²) in [6.45, 7) is 8.27. The maximum Gasteiger partial charge on any atom is 0.0917 e. The van der Waals surface area contributed by atoms with Crippen LogP contribution in [-0.2, 0) is 4.74 Å². The summed E-state index contributed by atoms with van der Waals surface area (Å²) in [5.41, 5.74) is 4.23. The molecule has 2 rings (SSSR count). The average Bonchev–Trinajstić information content (AvgIpc) is 2.78. The lowest BCUT2D eigenvalue weighted by Gasteiger charge is -2.36. The van der Waals surface area contributed by atoms with Crippen LogP contribution >= 0.6 is 11.3 Å². The number of ether oxygens (including phenoxy) is 1. The van der Waals surface area contributed by atoms with Crippen molar-refractivity contribution in [3.05, 3.63) is 21.9 Å². The average molecular weight is 269 g/mol. The number of aryl methyl sites for hydroxylation is 1. The van der Waals surface area contributed by atoms with Gasteiger partial charge >= 0.3 is 0 Å². The summed E-state index contributed by atoms with van der Waals surface area (Å²) in [4.78, 5) is 3.75. The Balaban J connectivity index is 2.06. The zero-order valence-corrected chi connectivity index (χ0v) is 12.0. The highest BCUT2D eigenvalue weighted by Crippen LogP contribution is 2.28. The quantitative estimate of drug-likeness (QED) is 0.631. The van der Waals surface area contributed by atoms with E-state index in [1.165, 1.54) is 16.9 Å². The molecule has 4 nitrogen and oxygen atoms in total. The summed E-state index contributed by atoms with van der Waals surface area (Å²) >= 11 is 1.75. The first-order valence-electron chi connectivity index (χ1n) is 6.60.